The predicted octanol–water partition coefficient (Wildman–Crippen LogP) is -0.392. The van der Waals surface area contributed by atoms with Crippen molar-refractivity contribution in [1.82, 2.24) is 30.2 Å². The van der Waals surface area contributed by atoms with Gasteiger partial charge >= 0.3 is 29.4 Å². The van der Waals surface area contributed by atoms with Crippen molar-refractivity contribution in [3.8, 4) is 0 Å². The number of aliphatic hydroxyl groups excluding tert-OH is 2. The molecule has 0 aliphatic carbocycles. The van der Waals surface area contributed by atoms with Crippen LogP contribution in [0.5, 0.6) is 0 Å². The highest BCUT2D eigenvalue weighted by molar-refractivity contribution is 8.13. The molecule has 8 atom stereocenters. The molecule has 3 heterocycles. The smallest absolute Gasteiger partial charge is 0.481 e. The van der Waals surface area contributed by atoms with Gasteiger partial charge in [0.15, 0.2) is 17.7 Å². The molecule has 0 radical (unpaired) electrons. The molecule has 2 aromatic heterocycles. The number of nitrogens with zero attached hydrogens (tertiary/aromatic N) is 4. The van der Waals surface area contributed by atoms with Crippen LogP contribution in [0.3, 0.4) is 0 Å². The summed E-state index contributed by atoms with van der Waals surface area (Å²) in [6, 6.07) is 8.61. The quantitative estimate of drug-likeness (QED) is 0.0329. The topological polar surface area (TPSA) is 401 Å². The van der Waals surface area contributed by atoms with Crippen LogP contribution in [0.25, 0.3) is 11.2 Å². The number of imidazole rings is 1. The highest BCUT2D eigenvalue weighted by Crippen LogP contribution is 2.61. The summed E-state index contributed by atoms with van der Waals surface area (Å²) in [5.41, 5.74) is 4.86. The number of carboxylic acids is 1. The Morgan fingerprint density at radius 1 is 1.00 bits per heavy atom. The van der Waals surface area contributed by atoms with Crippen LogP contribution in [0.4, 0.5) is 5.82 Å². The van der Waals surface area contributed by atoms with Gasteiger partial charge < -0.3 is 56.0 Å². The van der Waals surface area contributed by atoms with Crippen LogP contribution in [0.1, 0.15) is 32.1 Å². The number of carbonyl (C=O) groups is 4. The van der Waals surface area contributed by atoms with Gasteiger partial charge in [-0.05, 0) is 12.0 Å². The molecule has 1 aliphatic rings. The number of fused-ring (bicyclic) bond motifs is 1. The van der Waals surface area contributed by atoms with Crippen molar-refractivity contribution in [3.05, 3.63) is 48.5 Å². The van der Waals surface area contributed by atoms with Gasteiger partial charge in [-0.1, -0.05) is 55.9 Å². The lowest BCUT2D eigenvalue weighted by molar-refractivity contribution is -0.144. The second-order valence-electron chi connectivity index (χ2n) is 13.8. The molecule has 2 amide bonds. The molecule has 0 spiro atoms. The van der Waals surface area contributed by atoms with Gasteiger partial charge in [0.05, 0.1) is 19.5 Å². The Bertz CT molecular complexity index is 2180. The lowest BCUT2D eigenvalue weighted by Crippen LogP contribution is -2.46. The van der Waals surface area contributed by atoms with E-state index in [1.54, 1.807) is 30.3 Å². The molecule has 0 saturated carbocycles. The van der Waals surface area contributed by atoms with Gasteiger partial charge in [-0.3, -0.25) is 37.3 Å². The van der Waals surface area contributed by atoms with Gasteiger partial charge in [-0.2, -0.15) is 4.31 Å². The number of carbonyl (C=O) groups excluding carboxylic acids is 3. The zero-order valence-corrected chi connectivity index (χ0v) is 35.6. The van der Waals surface area contributed by atoms with E-state index < -0.39 is 102 Å². The Labute approximate surface area is 350 Å². The van der Waals surface area contributed by atoms with E-state index in [9.17, 15) is 67.8 Å². The lowest BCUT2D eigenvalue weighted by atomic mass is 9.87. The molecule has 1 aliphatic heterocycles. The van der Waals surface area contributed by atoms with E-state index in [2.05, 4.69) is 34.4 Å². The number of hydrogen-bond acceptors (Lipinski definition) is 19. The molecular formula is C31H44N7O19P3S. The number of rotatable bonds is 23. The van der Waals surface area contributed by atoms with Gasteiger partial charge in [0, 0.05) is 30.7 Å². The minimum atomic E-state index is -5.60. The summed E-state index contributed by atoms with van der Waals surface area (Å²) in [6.07, 6.45) is -7.16. The van der Waals surface area contributed by atoms with Crippen LogP contribution in [-0.2, 0) is 61.9 Å². The minimum absolute atomic E-state index is 0.00278. The zero-order chi connectivity index (χ0) is 45.3. The molecule has 3 aromatic rings. The number of phosphoric ester groups is 3. The molecule has 11 N–H and O–H groups in total. The van der Waals surface area contributed by atoms with Gasteiger partial charge in [-0.15, -0.1) is 0 Å². The number of nitrogens with two attached hydrogens (primary N) is 1. The molecule has 61 heavy (non-hydrogen) atoms. The number of thioether (sulfide) groups is 1. The number of anilines is 1. The number of aromatic nitrogens is 4. The number of carboxylic acid groups (broad SMARTS) is 1. The van der Waals surface area contributed by atoms with Crippen LogP contribution in [0.2, 0.25) is 0 Å². The monoisotopic (exact) mass is 943 g/mol. The first-order valence-electron chi connectivity index (χ1n) is 17.7. The summed E-state index contributed by atoms with van der Waals surface area (Å²) in [4.78, 5) is 100.0. The van der Waals surface area contributed by atoms with Gasteiger partial charge in [0.1, 0.15) is 42.2 Å². The maximum absolute atomic E-state index is 12.7. The van der Waals surface area contributed by atoms with Crippen molar-refractivity contribution in [3.63, 3.8) is 0 Å². The summed E-state index contributed by atoms with van der Waals surface area (Å²) in [5, 5.41) is 35.2. The van der Waals surface area contributed by atoms with Gasteiger partial charge in [0.25, 0.3) is 0 Å². The molecule has 1 saturated heterocycles. The third-order valence-electron chi connectivity index (χ3n) is 8.61. The second-order valence-corrected chi connectivity index (χ2v) is 19.2. The third kappa shape index (κ3) is 14.7. The number of nitrogens with one attached hydrogen (secondary N) is 2. The first-order valence-corrected chi connectivity index (χ1v) is 23.2. The summed E-state index contributed by atoms with van der Waals surface area (Å²) in [5.74, 6) is -4.12. The van der Waals surface area contributed by atoms with Crippen molar-refractivity contribution in [2.24, 2.45) is 11.3 Å². The third-order valence-corrected chi connectivity index (χ3v) is 12.7. The molecule has 1 fully saturated rings. The maximum atomic E-state index is 12.7. The van der Waals surface area contributed by atoms with E-state index in [0.717, 1.165) is 29.0 Å². The lowest BCUT2D eigenvalue weighted by Gasteiger charge is -2.30. The van der Waals surface area contributed by atoms with Crippen LogP contribution in [-0.4, -0.2) is 134 Å². The van der Waals surface area contributed by atoms with Crippen LogP contribution in [0, 0.1) is 11.3 Å². The number of aliphatic hydroxyl groups is 2. The molecule has 2 unspecified atom stereocenters. The van der Waals surface area contributed by atoms with Crippen molar-refractivity contribution >= 4 is 75.1 Å². The number of aliphatic carboxylic acids is 1. The fourth-order valence-corrected chi connectivity index (χ4v) is 9.12. The zero-order valence-electron chi connectivity index (χ0n) is 32.1. The minimum Gasteiger partial charge on any atom is -0.481 e. The molecular weight excluding hydrogens is 899 g/mol. The van der Waals surface area contributed by atoms with Gasteiger partial charge in [-0.25, -0.2) is 28.6 Å². The second kappa shape index (κ2) is 21.1. The van der Waals surface area contributed by atoms with E-state index in [4.69, 9.17) is 19.5 Å². The molecule has 4 rings (SSSR count). The summed E-state index contributed by atoms with van der Waals surface area (Å²) in [6.45, 7) is 0.0841. The fraction of sp³-hybridized carbons (Fsp3) is 0.516. The molecule has 0 bridgehead atoms. The summed E-state index contributed by atoms with van der Waals surface area (Å²) >= 11 is 0.745. The summed E-state index contributed by atoms with van der Waals surface area (Å²) < 4.78 is 62.2. The number of ether oxygens (including phenoxy) is 1. The van der Waals surface area contributed by atoms with Crippen LogP contribution in [0.15, 0.2) is 43.0 Å². The van der Waals surface area contributed by atoms with Crippen molar-refractivity contribution in [1.29, 1.82) is 0 Å². The SMILES string of the molecule is CC(C)(COP(=O)(O)OP(=O)(O)OC[C@H]1O[C@@H](n2cnc3c(N)ncnc32)[C@H](O)[C@@H]1OP(=O)(O)O)[C@@H](O)C(=O)NCCC(=O)NCCSC(=O)[C@@H](Cc1ccccc1)C(=O)O. The molecule has 30 heteroatoms. The van der Waals surface area contributed by atoms with Gasteiger partial charge in [0.2, 0.25) is 16.9 Å². The number of hydrogen-bond donors (Lipinski definition) is 10. The van der Waals surface area contributed by atoms with E-state index in [-0.39, 0.29) is 48.7 Å². The van der Waals surface area contributed by atoms with E-state index in [1.165, 1.54) is 13.8 Å². The first kappa shape index (κ1) is 49.9. The summed E-state index contributed by atoms with van der Waals surface area (Å²) in [7, 11) is -16.5. The Kier molecular flexibility index (Phi) is 17.2. The highest BCUT2D eigenvalue weighted by atomic mass is 32.2. The van der Waals surface area contributed by atoms with Crippen molar-refractivity contribution in [2.45, 2.75) is 57.3 Å². The van der Waals surface area contributed by atoms with E-state index in [0.29, 0.717) is 5.56 Å². The highest BCUT2D eigenvalue weighted by Gasteiger charge is 2.50. The van der Waals surface area contributed by atoms with Crippen molar-refractivity contribution < 1.29 is 90.4 Å². The average molecular weight is 944 g/mol. The molecule has 1 aromatic carbocycles. The Morgan fingerprint density at radius 3 is 2.33 bits per heavy atom. The number of phosphoric acid groups is 3. The fourth-order valence-electron chi connectivity index (χ4n) is 5.50. The van der Waals surface area contributed by atoms with E-state index >= 15 is 0 Å². The number of amides is 2. The predicted molar refractivity (Wildman–Crippen MR) is 208 cm³/mol. The van der Waals surface area contributed by atoms with E-state index in [1.807, 2.05) is 0 Å². The average Bonchev–Trinajstić information content (AvgIpc) is 3.73. The normalized spacial score (nSPS) is 21.2. The Hall–Kier alpha value is -3.75. The van der Waals surface area contributed by atoms with Crippen LogP contribution >= 0.6 is 35.2 Å². The molecule has 338 valence electrons. The Morgan fingerprint density at radius 2 is 1.67 bits per heavy atom. The largest absolute Gasteiger partial charge is 0.481 e. The number of benzene rings is 1. The first-order chi connectivity index (χ1) is 28.4. The standard InChI is InChI=1S/C31H44N7O19P3S/c1-31(2,24(41)27(42)34-9-8-20(39)33-10-11-61-30(45)18(29(43)44)12-17-6-4-3-5-7-17)14-54-60(51,52)57-59(49,50)53-13-19-23(56-58(46,47)48)22(40)28(55-19)38-16-37-21-25(32)35-15-36-26(21)38/h3-7,15-16,18-19,22-24,28,40-41H,8-14H2,1-2H3,(H,33,39)(H,34,42)(H,43,44)(H,49,50)(H,51,52)(H2,32,35,36)(H2,46,47,48)/t18-,19+,22+,23+,24-,28+/m0/s1. The number of nitrogen functional groups attached to an aromatic ring is 1. The Balaban J connectivity index is 1.21. The molecule has 26 nitrogen and oxygen atoms in total. The van der Waals surface area contributed by atoms with Crippen LogP contribution < -0.4 is 16.4 Å². The van der Waals surface area contributed by atoms with Crippen molar-refractivity contribution in [2.75, 3.05) is 37.8 Å². The maximum Gasteiger partial charge on any atom is 0.481 e.